The summed E-state index contributed by atoms with van der Waals surface area (Å²) in [7, 11) is -3.57. The van der Waals surface area contributed by atoms with Crippen molar-refractivity contribution in [1.82, 2.24) is 4.98 Å². The van der Waals surface area contributed by atoms with Crippen molar-refractivity contribution < 1.29 is 8.42 Å². The summed E-state index contributed by atoms with van der Waals surface area (Å²) in [5, 5.41) is 1.73. The van der Waals surface area contributed by atoms with Gasteiger partial charge in [0.25, 0.3) is 10.0 Å². The van der Waals surface area contributed by atoms with Crippen LogP contribution in [0.4, 0.5) is 5.82 Å². The van der Waals surface area contributed by atoms with E-state index >= 15 is 0 Å². The number of thiophene rings is 1. The predicted octanol–water partition coefficient (Wildman–Crippen LogP) is 1.71. The van der Waals surface area contributed by atoms with Crippen molar-refractivity contribution in [2.45, 2.75) is 17.7 Å². The zero-order valence-corrected chi connectivity index (χ0v) is 11.4. The maximum absolute atomic E-state index is 12.1. The average Bonchev–Trinajstić information content (AvgIpc) is 2.77. The number of aryl methyl sites for hydroxylation is 1. The zero-order valence-electron chi connectivity index (χ0n) is 9.75. The third-order valence-corrected chi connectivity index (χ3v) is 5.10. The number of nitrogens with one attached hydrogen (secondary N) is 1. The number of hydrogen-bond acceptors (Lipinski definition) is 5. The van der Waals surface area contributed by atoms with Crippen LogP contribution in [-0.2, 0) is 16.6 Å². The Morgan fingerprint density at radius 3 is 2.83 bits per heavy atom. The summed E-state index contributed by atoms with van der Waals surface area (Å²) in [5.74, 6) is 0.317. The van der Waals surface area contributed by atoms with Crippen LogP contribution in [0.1, 0.15) is 11.3 Å². The molecule has 3 N–H and O–H groups in total. The Balaban J connectivity index is 2.27. The molecule has 2 rings (SSSR count). The highest BCUT2D eigenvalue weighted by atomic mass is 32.2. The van der Waals surface area contributed by atoms with E-state index in [0.717, 1.165) is 22.6 Å². The molecule has 7 heteroatoms. The fraction of sp³-hybridized carbons (Fsp3) is 0.182. The first kappa shape index (κ1) is 13.0. The van der Waals surface area contributed by atoms with Crippen molar-refractivity contribution in [2.75, 3.05) is 4.72 Å². The van der Waals surface area contributed by atoms with Gasteiger partial charge in [0.15, 0.2) is 0 Å². The SMILES string of the molecule is Cc1cccc(NS(=O)(=O)c2cc(CN)cs2)n1. The van der Waals surface area contributed by atoms with Crippen molar-refractivity contribution in [1.29, 1.82) is 0 Å². The molecule has 96 valence electrons. The van der Waals surface area contributed by atoms with E-state index in [2.05, 4.69) is 9.71 Å². The van der Waals surface area contributed by atoms with Crippen molar-refractivity contribution in [3.63, 3.8) is 0 Å². The standard InChI is InChI=1S/C11H13N3O2S2/c1-8-3-2-4-10(13-8)14-18(15,16)11-5-9(6-12)7-17-11/h2-5,7H,6,12H2,1H3,(H,13,14). The lowest BCUT2D eigenvalue weighted by Crippen LogP contribution is -2.12. The third-order valence-electron chi connectivity index (χ3n) is 2.26. The van der Waals surface area contributed by atoms with Crippen LogP contribution < -0.4 is 10.5 Å². The minimum absolute atomic E-state index is 0.242. The number of nitrogens with two attached hydrogens (primary N) is 1. The third kappa shape index (κ3) is 2.87. The second-order valence-electron chi connectivity index (χ2n) is 3.75. The van der Waals surface area contributed by atoms with E-state index in [0.29, 0.717) is 12.4 Å². The lowest BCUT2D eigenvalue weighted by molar-refractivity contribution is 0.603. The van der Waals surface area contributed by atoms with E-state index in [1.54, 1.807) is 36.6 Å². The van der Waals surface area contributed by atoms with E-state index < -0.39 is 10.0 Å². The quantitative estimate of drug-likeness (QED) is 0.894. The molecule has 0 saturated carbocycles. The highest BCUT2D eigenvalue weighted by Crippen LogP contribution is 2.22. The van der Waals surface area contributed by atoms with Gasteiger partial charge in [0.05, 0.1) is 0 Å². The molecule has 0 aromatic carbocycles. The molecule has 0 aliphatic heterocycles. The van der Waals surface area contributed by atoms with Gasteiger partial charge in [0, 0.05) is 12.2 Å². The second kappa shape index (κ2) is 5.05. The minimum atomic E-state index is -3.57. The van der Waals surface area contributed by atoms with Gasteiger partial charge in [-0.25, -0.2) is 13.4 Å². The van der Waals surface area contributed by atoms with Crippen molar-refractivity contribution in [3.05, 3.63) is 40.9 Å². The van der Waals surface area contributed by atoms with Gasteiger partial charge < -0.3 is 5.73 Å². The van der Waals surface area contributed by atoms with Gasteiger partial charge in [0.1, 0.15) is 10.0 Å². The molecule has 2 heterocycles. The Hall–Kier alpha value is -1.44. The first-order chi connectivity index (χ1) is 8.51. The second-order valence-corrected chi connectivity index (χ2v) is 6.57. The van der Waals surface area contributed by atoms with Crippen molar-refractivity contribution in [3.8, 4) is 0 Å². The van der Waals surface area contributed by atoms with Crippen LogP contribution in [0.15, 0.2) is 33.9 Å². The van der Waals surface area contributed by atoms with Crippen LogP contribution in [0, 0.1) is 6.92 Å². The van der Waals surface area contributed by atoms with Crippen LogP contribution in [-0.4, -0.2) is 13.4 Å². The van der Waals surface area contributed by atoms with E-state index in [1.165, 1.54) is 0 Å². The topological polar surface area (TPSA) is 85.1 Å². The maximum atomic E-state index is 12.1. The van der Waals surface area contributed by atoms with E-state index in [1.807, 2.05) is 0 Å². The first-order valence-electron chi connectivity index (χ1n) is 5.25. The molecule has 0 unspecified atom stereocenters. The highest BCUT2D eigenvalue weighted by molar-refractivity contribution is 7.94. The van der Waals surface area contributed by atoms with Crippen LogP contribution in [0.25, 0.3) is 0 Å². The number of rotatable bonds is 4. The molecule has 0 radical (unpaired) electrons. The monoisotopic (exact) mass is 283 g/mol. The van der Waals surface area contributed by atoms with E-state index in [4.69, 9.17) is 5.73 Å². The minimum Gasteiger partial charge on any atom is -0.326 e. The number of hydrogen-bond donors (Lipinski definition) is 2. The summed E-state index contributed by atoms with van der Waals surface area (Å²) >= 11 is 1.15. The average molecular weight is 283 g/mol. The zero-order chi connectivity index (χ0) is 13.2. The van der Waals surface area contributed by atoms with Crippen LogP contribution >= 0.6 is 11.3 Å². The number of nitrogens with zero attached hydrogens (tertiary/aromatic N) is 1. The molecule has 0 saturated heterocycles. The molecule has 0 aliphatic carbocycles. The molecule has 0 atom stereocenters. The molecule has 0 aliphatic rings. The van der Waals surface area contributed by atoms with Crippen LogP contribution in [0.2, 0.25) is 0 Å². The number of anilines is 1. The fourth-order valence-electron chi connectivity index (χ4n) is 1.39. The molecule has 0 spiro atoms. The first-order valence-corrected chi connectivity index (χ1v) is 7.61. The molecular formula is C11H13N3O2S2. The Labute approximate surface area is 110 Å². The van der Waals surface area contributed by atoms with Gasteiger partial charge in [0.2, 0.25) is 0 Å². The predicted molar refractivity (Wildman–Crippen MR) is 72.0 cm³/mol. The molecular weight excluding hydrogens is 270 g/mol. The molecule has 2 aromatic rings. The Morgan fingerprint density at radius 2 is 2.22 bits per heavy atom. The van der Waals surface area contributed by atoms with E-state index in [9.17, 15) is 8.42 Å². The number of aromatic nitrogens is 1. The number of sulfonamides is 1. The maximum Gasteiger partial charge on any atom is 0.272 e. The van der Waals surface area contributed by atoms with Gasteiger partial charge >= 0.3 is 0 Å². The van der Waals surface area contributed by atoms with Crippen LogP contribution in [0.3, 0.4) is 0 Å². The Kier molecular flexibility index (Phi) is 3.65. The fourth-order valence-corrected chi connectivity index (χ4v) is 3.61. The lowest BCUT2D eigenvalue weighted by Gasteiger charge is -2.05. The van der Waals surface area contributed by atoms with Gasteiger partial charge in [-0.1, -0.05) is 6.07 Å². The lowest BCUT2D eigenvalue weighted by atomic mass is 10.4. The normalized spacial score (nSPS) is 11.4. The Morgan fingerprint density at radius 1 is 1.44 bits per heavy atom. The summed E-state index contributed by atoms with van der Waals surface area (Å²) in [4.78, 5) is 4.10. The largest absolute Gasteiger partial charge is 0.326 e. The highest BCUT2D eigenvalue weighted by Gasteiger charge is 2.17. The summed E-state index contributed by atoms with van der Waals surface area (Å²) in [6.45, 7) is 2.13. The molecule has 2 aromatic heterocycles. The molecule has 18 heavy (non-hydrogen) atoms. The van der Waals surface area contributed by atoms with Gasteiger partial charge in [-0.05, 0) is 36.1 Å². The number of pyridine rings is 1. The van der Waals surface area contributed by atoms with Crippen molar-refractivity contribution >= 4 is 27.2 Å². The van der Waals surface area contributed by atoms with Gasteiger partial charge in [-0.15, -0.1) is 11.3 Å². The summed E-state index contributed by atoms with van der Waals surface area (Å²) in [5.41, 5.74) is 7.01. The summed E-state index contributed by atoms with van der Waals surface area (Å²) in [6, 6.07) is 6.74. The molecule has 0 bridgehead atoms. The van der Waals surface area contributed by atoms with Crippen molar-refractivity contribution in [2.24, 2.45) is 5.73 Å². The van der Waals surface area contributed by atoms with Gasteiger partial charge in [-0.2, -0.15) is 0 Å². The Bertz CT molecular complexity index is 650. The van der Waals surface area contributed by atoms with E-state index in [-0.39, 0.29) is 4.21 Å². The molecule has 5 nitrogen and oxygen atoms in total. The van der Waals surface area contributed by atoms with Gasteiger partial charge in [-0.3, -0.25) is 4.72 Å². The van der Waals surface area contributed by atoms with Crippen LogP contribution in [0.5, 0.6) is 0 Å². The molecule has 0 fully saturated rings. The smallest absolute Gasteiger partial charge is 0.272 e. The summed E-state index contributed by atoms with van der Waals surface area (Å²) in [6.07, 6.45) is 0. The molecule has 0 amide bonds. The summed E-state index contributed by atoms with van der Waals surface area (Å²) < 4.78 is 26.8.